The fourth-order valence-electron chi connectivity index (χ4n) is 2.68. The summed E-state index contributed by atoms with van der Waals surface area (Å²) in [6, 6.07) is 2.25. The number of nitro groups is 1. The lowest BCUT2D eigenvalue weighted by Crippen LogP contribution is -2.35. The van der Waals surface area contributed by atoms with Gasteiger partial charge in [-0.15, -0.1) is 0 Å². The zero-order valence-electron chi connectivity index (χ0n) is 12.3. The van der Waals surface area contributed by atoms with Crippen molar-refractivity contribution >= 4 is 23.3 Å². The number of allylic oxidation sites excluding steroid dienone is 1. The summed E-state index contributed by atoms with van der Waals surface area (Å²) in [7, 11) is 0. The molecule has 2 rings (SSSR count). The fraction of sp³-hybridized carbons (Fsp3) is 0.286. The number of aliphatic carboxylic acids is 2. The molecule has 0 amide bonds. The molecule has 0 aromatic carbocycles. The summed E-state index contributed by atoms with van der Waals surface area (Å²) in [5, 5.41) is 29.8. The van der Waals surface area contributed by atoms with Crippen LogP contribution in [0.15, 0.2) is 34.6 Å². The number of nitrogens with zero attached hydrogens (tertiary/aromatic N) is 3. The molecule has 2 unspecified atom stereocenters. The lowest BCUT2D eigenvalue weighted by Gasteiger charge is -2.28. The third-order valence-electron chi connectivity index (χ3n) is 3.62. The standard InChI is InChI=1S/C14H13N3O6/c1-6-10(13(18)19)12(11(14(20)21)7(2)16-6)9-5-8(17(22)23)3-4-15-9/h3-5,10,12H,1-2H3,(H,18,19)(H,20,21). The van der Waals surface area contributed by atoms with E-state index in [4.69, 9.17) is 0 Å². The second kappa shape index (κ2) is 5.95. The highest BCUT2D eigenvalue weighted by atomic mass is 16.6. The van der Waals surface area contributed by atoms with Crippen molar-refractivity contribution in [2.45, 2.75) is 19.8 Å². The molecule has 1 aliphatic rings. The number of pyridine rings is 1. The number of carboxylic acids is 2. The first-order valence-corrected chi connectivity index (χ1v) is 6.56. The van der Waals surface area contributed by atoms with Crippen molar-refractivity contribution < 1.29 is 24.7 Å². The average molecular weight is 319 g/mol. The minimum absolute atomic E-state index is 0.0117. The van der Waals surface area contributed by atoms with Crippen molar-refractivity contribution in [2.75, 3.05) is 0 Å². The van der Waals surface area contributed by atoms with E-state index in [0.29, 0.717) is 0 Å². The molecule has 0 fully saturated rings. The summed E-state index contributed by atoms with van der Waals surface area (Å²) < 4.78 is 0. The van der Waals surface area contributed by atoms with Crippen LogP contribution in [0.1, 0.15) is 25.5 Å². The van der Waals surface area contributed by atoms with Gasteiger partial charge in [-0.25, -0.2) is 4.79 Å². The minimum Gasteiger partial charge on any atom is -0.481 e. The Morgan fingerprint density at radius 3 is 2.48 bits per heavy atom. The predicted octanol–water partition coefficient (Wildman–Crippen LogP) is 1.61. The van der Waals surface area contributed by atoms with E-state index < -0.39 is 28.7 Å². The van der Waals surface area contributed by atoms with Gasteiger partial charge < -0.3 is 10.2 Å². The Labute approximate surface area is 130 Å². The van der Waals surface area contributed by atoms with Crippen molar-refractivity contribution in [3.63, 3.8) is 0 Å². The third-order valence-corrected chi connectivity index (χ3v) is 3.62. The quantitative estimate of drug-likeness (QED) is 0.633. The summed E-state index contributed by atoms with van der Waals surface area (Å²) >= 11 is 0. The van der Waals surface area contributed by atoms with E-state index in [0.717, 1.165) is 18.3 Å². The molecule has 1 aromatic rings. The summed E-state index contributed by atoms with van der Waals surface area (Å²) in [6.45, 7) is 2.93. The molecule has 2 atom stereocenters. The van der Waals surface area contributed by atoms with Gasteiger partial charge >= 0.3 is 11.9 Å². The number of hydrogen-bond donors (Lipinski definition) is 2. The Bertz CT molecular complexity index is 768. The van der Waals surface area contributed by atoms with Gasteiger partial charge in [-0.3, -0.25) is 24.9 Å². The number of hydrogen-bond acceptors (Lipinski definition) is 6. The van der Waals surface area contributed by atoms with Crippen molar-refractivity contribution in [2.24, 2.45) is 10.9 Å². The van der Waals surface area contributed by atoms with E-state index in [-0.39, 0.29) is 28.4 Å². The maximum Gasteiger partial charge on any atom is 0.334 e. The van der Waals surface area contributed by atoms with E-state index in [9.17, 15) is 29.9 Å². The maximum atomic E-state index is 11.6. The molecule has 1 aliphatic heterocycles. The van der Waals surface area contributed by atoms with Crippen molar-refractivity contribution in [3.8, 4) is 0 Å². The van der Waals surface area contributed by atoms with E-state index in [2.05, 4.69) is 9.98 Å². The number of aromatic nitrogens is 1. The summed E-state index contributed by atoms with van der Waals surface area (Å²) in [5.41, 5.74) is -0.126. The van der Waals surface area contributed by atoms with E-state index >= 15 is 0 Å². The molecule has 1 aromatic heterocycles. The van der Waals surface area contributed by atoms with Crippen molar-refractivity contribution in [3.05, 3.63) is 45.4 Å². The molecule has 23 heavy (non-hydrogen) atoms. The van der Waals surface area contributed by atoms with Crippen LogP contribution in [0.25, 0.3) is 0 Å². The van der Waals surface area contributed by atoms with Crippen LogP contribution in [-0.4, -0.2) is 37.8 Å². The van der Waals surface area contributed by atoms with Crippen LogP contribution in [0.2, 0.25) is 0 Å². The summed E-state index contributed by atoms with van der Waals surface area (Å²) in [6.07, 6.45) is 1.16. The monoisotopic (exact) mass is 319 g/mol. The zero-order valence-corrected chi connectivity index (χ0v) is 12.3. The molecule has 0 spiro atoms. The SMILES string of the molecule is CC1=NC(C)=C(C(=O)O)C(c2cc([N+](=O)[O-])ccn2)C1C(=O)O. The van der Waals surface area contributed by atoms with Crippen LogP contribution in [0.5, 0.6) is 0 Å². The summed E-state index contributed by atoms with van der Waals surface area (Å²) in [5.74, 6) is -5.00. The topological polar surface area (TPSA) is 143 Å². The van der Waals surface area contributed by atoms with E-state index in [1.165, 1.54) is 13.8 Å². The van der Waals surface area contributed by atoms with Crippen molar-refractivity contribution in [1.82, 2.24) is 4.98 Å². The van der Waals surface area contributed by atoms with Gasteiger partial charge in [0.2, 0.25) is 0 Å². The molecule has 0 aliphatic carbocycles. The smallest absolute Gasteiger partial charge is 0.334 e. The molecule has 0 bridgehead atoms. The van der Waals surface area contributed by atoms with E-state index in [1.54, 1.807) is 0 Å². The molecule has 9 nitrogen and oxygen atoms in total. The highest BCUT2D eigenvalue weighted by Gasteiger charge is 2.42. The lowest BCUT2D eigenvalue weighted by molar-refractivity contribution is -0.385. The van der Waals surface area contributed by atoms with Gasteiger partial charge in [0.05, 0.1) is 22.1 Å². The molecular formula is C14H13N3O6. The van der Waals surface area contributed by atoms with Gasteiger partial charge in [-0.1, -0.05) is 0 Å². The Balaban J connectivity index is 2.69. The third kappa shape index (κ3) is 2.93. The van der Waals surface area contributed by atoms with Crippen LogP contribution in [-0.2, 0) is 9.59 Å². The van der Waals surface area contributed by atoms with Crippen LogP contribution < -0.4 is 0 Å². The molecule has 0 saturated carbocycles. The Morgan fingerprint density at radius 1 is 1.30 bits per heavy atom. The molecule has 2 heterocycles. The van der Waals surface area contributed by atoms with E-state index in [1.807, 2.05) is 0 Å². The maximum absolute atomic E-state index is 11.6. The fourth-order valence-corrected chi connectivity index (χ4v) is 2.68. The number of carbonyl (C=O) groups is 2. The van der Waals surface area contributed by atoms with Gasteiger partial charge in [0.15, 0.2) is 0 Å². The number of rotatable bonds is 4. The highest BCUT2D eigenvalue weighted by molar-refractivity contribution is 6.06. The predicted molar refractivity (Wildman–Crippen MR) is 78.2 cm³/mol. The molecular weight excluding hydrogens is 306 g/mol. The van der Waals surface area contributed by atoms with Gasteiger partial charge in [-0.05, 0) is 13.8 Å². The molecule has 0 radical (unpaired) electrons. The molecule has 120 valence electrons. The minimum atomic E-state index is -1.33. The Morgan fingerprint density at radius 2 is 1.96 bits per heavy atom. The summed E-state index contributed by atoms with van der Waals surface area (Å²) in [4.78, 5) is 41.4. The average Bonchev–Trinajstić information content (AvgIpc) is 2.45. The second-order valence-electron chi connectivity index (χ2n) is 5.05. The van der Waals surface area contributed by atoms with Crippen LogP contribution in [0.4, 0.5) is 5.69 Å². The number of carboxylic acid groups (broad SMARTS) is 2. The Hall–Kier alpha value is -3.10. The molecule has 0 saturated heterocycles. The second-order valence-corrected chi connectivity index (χ2v) is 5.05. The van der Waals surface area contributed by atoms with Crippen molar-refractivity contribution in [1.29, 1.82) is 0 Å². The largest absolute Gasteiger partial charge is 0.481 e. The molecule has 9 heteroatoms. The highest BCUT2D eigenvalue weighted by Crippen LogP contribution is 2.38. The first kappa shape index (κ1) is 16.3. The van der Waals surface area contributed by atoms with Crippen LogP contribution >= 0.6 is 0 Å². The molecule has 2 N–H and O–H groups in total. The first-order chi connectivity index (χ1) is 10.7. The normalized spacial score (nSPS) is 20.9. The van der Waals surface area contributed by atoms with Crippen LogP contribution in [0, 0.1) is 16.0 Å². The van der Waals surface area contributed by atoms with Gasteiger partial charge in [-0.2, -0.15) is 0 Å². The first-order valence-electron chi connectivity index (χ1n) is 6.56. The zero-order chi connectivity index (χ0) is 17.3. The van der Waals surface area contributed by atoms with Gasteiger partial charge in [0.1, 0.15) is 5.92 Å². The van der Waals surface area contributed by atoms with Gasteiger partial charge in [0.25, 0.3) is 5.69 Å². The van der Waals surface area contributed by atoms with Crippen LogP contribution in [0.3, 0.4) is 0 Å². The number of aliphatic imine (C=N–C) groups is 1. The lowest BCUT2D eigenvalue weighted by atomic mass is 9.77. The van der Waals surface area contributed by atoms with Gasteiger partial charge in [0, 0.05) is 29.7 Å². The Kier molecular flexibility index (Phi) is 4.21.